The van der Waals surface area contributed by atoms with Crippen molar-refractivity contribution in [1.29, 1.82) is 0 Å². The number of hydrogen-bond acceptors (Lipinski definition) is 1. The largest absolute Gasteiger partial charge is 0.325 e. The average molecular weight is 169 g/mol. The zero-order valence-electron chi connectivity index (χ0n) is 8.60. The Bertz CT molecular complexity index is 121. The lowest BCUT2D eigenvalue weighted by Crippen LogP contribution is -2.43. The van der Waals surface area contributed by atoms with Crippen LogP contribution in [0.2, 0.25) is 0 Å². The van der Waals surface area contributed by atoms with Gasteiger partial charge < -0.3 is 5.73 Å². The molecular formula is C11H23N. The number of rotatable bonds is 2. The molecule has 1 saturated carbocycles. The highest BCUT2D eigenvalue weighted by atomic mass is 14.7. The monoisotopic (exact) mass is 169 g/mol. The first-order valence-corrected chi connectivity index (χ1v) is 5.45. The van der Waals surface area contributed by atoms with Crippen molar-refractivity contribution in [2.75, 3.05) is 0 Å². The Morgan fingerprint density at radius 3 is 2.08 bits per heavy atom. The summed E-state index contributed by atoms with van der Waals surface area (Å²) >= 11 is 0. The Balaban J connectivity index is 2.47. The Morgan fingerprint density at radius 2 is 1.67 bits per heavy atom. The smallest absolute Gasteiger partial charge is 0.0151 e. The topological polar surface area (TPSA) is 26.0 Å². The fourth-order valence-electron chi connectivity index (χ4n) is 2.23. The molecule has 72 valence electrons. The van der Waals surface area contributed by atoms with E-state index >= 15 is 0 Å². The molecule has 0 aromatic rings. The van der Waals surface area contributed by atoms with Gasteiger partial charge in [0.15, 0.2) is 0 Å². The standard InChI is InChI=1S/C11H23N/c1-3-11(2,12)10-8-6-4-5-7-9-10/h10H,3-9,12H2,1-2H3. The van der Waals surface area contributed by atoms with Crippen LogP contribution in [0.5, 0.6) is 0 Å². The molecule has 0 aliphatic heterocycles. The van der Waals surface area contributed by atoms with Crippen molar-refractivity contribution in [2.45, 2.75) is 64.3 Å². The van der Waals surface area contributed by atoms with Gasteiger partial charge in [0.1, 0.15) is 0 Å². The zero-order chi connectivity index (χ0) is 9.03. The minimum absolute atomic E-state index is 0.102. The van der Waals surface area contributed by atoms with E-state index in [4.69, 9.17) is 5.73 Å². The van der Waals surface area contributed by atoms with E-state index in [0.29, 0.717) is 0 Å². The molecular weight excluding hydrogens is 146 g/mol. The van der Waals surface area contributed by atoms with Gasteiger partial charge >= 0.3 is 0 Å². The predicted molar refractivity (Wildman–Crippen MR) is 54.1 cm³/mol. The molecule has 1 heteroatoms. The van der Waals surface area contributed by atoms with Crippen LogP contribution >= 0.6 is 0 Å². The van der Waals surface area contributed by atoms with Gasteiger partial charge in [0.25, 0.3) is 0 Å². The number of hydrogen-bond donors (Lipinski definition) is 1. The van der Waals surface area contributed by atoms with Crippen LogP contribution in [0.25, 0.3) is 0 Å². The Hall–Kier alpha value is -0.0400. The highest BCUT2D eigenvalue weighted by Gasteiger charge is 2.28. The van der Waals surface area contributed by atoms with Gasteiger partial charge in [-0.3, -0.25) is 0 Å². The molecule has 0 amide bonds. The summed E-state index contributed by atoms with van der Waals surface area (Å²) in [5, 5.41) is 0. The normalized spacial score (nSPS) is 26.2. The number of nitrogens with two attached hydrogens (primary N) is 1. The van der Waals surface area contributed by atoms with Crippen molar-refractivity contribution >= 4 is 0 Å². The molecule has 1 aliphatic rings. The third-order valence-electron chi connectivity index (χ3n) is 3.55. The molecule has 0 aromatic heterocycles. The summed E-state index contributed by atoms with van der Waals surface area (Å²) in [6.45, 7) is 4.44. The molecule has 1 nitrogen and oxygen atoms in total. The summed E-state index contributed by atoms with van der Waals surface area (Å²) in [7, 11) is 0. The van der Waals surface area contributed by atoms with Gasteiger partial charge in [-0.1, -0.05) is 32.6 Å². The van der Waals surface area contributed by atoms with Crippen LogP contribution in [0.1, 0.15) is 58.8 Å². The van der Waals surface area contributed by atoms with Crippen molar-refractivity contribution in [1.82, 2.24) is 0 Å². The van der Waals surface area contributed by atoms with Crippen LogP contribution in [0.15, 0.2) is 0 Å². The van der Waals surface area contributed by atoms with Gasteiger partial charge in [0, 0.05) is 5.54 Å². The molecule has 1 aliphatic carbocycles. The third-order valence-corrected chi connectivity index (χ3v) is 3.55. The van der Waals surface area contributed by atoms with E-state index in [9.17, 15) is 0 Å². The molecule has 0 heterocycles. The van der Waals surface area contributed by atoms with Gasteiger partial charge in [0.05, 0.1) is 0 Å². The average Bonchev–Trinajstić information content (AvgIpc) is 2.32. The van der Waals surface area contributed by atoms with Crippen LogP contribution < -0.4 is 5.73 Å². The minimum atomic E-state index is 0.102. The maximum Gasteiger partial charge on any atom is 0.0151 e. The van der Waals surface area contributed by atoms with Crippen molar-refractivity contribution in [3.63, 3.8) is 0 Å². The van der Waals surface area contributed by atoms with Crippen molar-refractivity contribution in [3.8, 4) is 0 Å². The van der Waals surface area contributed by atoms with Crippen LogP contribution in [0.4, 0.5) is 0 Å². The summed E-state index contributed by atoms with van der Waals surface area (Å²) in [5.74, 6) is 0.782. The molecule has 2 N–H and O–H groups in total. The molecule has 12 heavy (non-hydrogen) atoms. The highest BCUT2D eigenvalue weighted by molar-refractivity contribution is 4.86. The lowest BCUT2D eigenvalue weighted by Gasteiger charge is -2.32. The molecule has 1 fully saturated rings. The molecule has 0 aromatic carbocycles. The third kappa shape index (κ3) is 2.48. The Kier molecular flexibility index (Phi) is 3.57. The van der Waals surface area contributed by atoms with E-state index in [2.05, 4.69) is 13.8 Å². The van der Waals surface area contributed by atoms with Crippen molar-refractivity contribution < 1.29 is 0 Å². The first-order chi connectivity index (χ1) is 5.67. The van der Waals surface area contributed by atoms with E-state index in [1.54, 1.807) is 0 Å². The Morgan fingerprint density at radius 1 is 1.17 bits per heavy atom. The summed E-state index contributed by atoms with van der Waals surface area (Å²) < 4.78 is 0. The van der Waals surface area contributed by atoms with Crippen LogP contribution in [0.3, 0.4) is 0 Å². The van der Waals surface area contributed by atoms with E-state index in [0.717, 1.165) is 12.3 Å². The Labute approximate surface area is 76.7 Å². The van der Waals surface area contributed by atoms with Crippen LogP contribution in [-0.2, 0) is 0 Å². The molecule has 1 atom stereocenters. The SMILES string of the molecule is CCC(C)(N)C1CCCCCC1. The lowest BCUT2D eigenvalue weighted by molar-refractivity contribution is 0.257. The van der Waals surface area contributed by atoms with Gasteiger partial charge in [-0.2, -0.15) is 0 Å². The zero-order valence-corrected chi connectivity index (χ0v) is 8.60. The maximum absolute atomic E-state index is 6.26. The summed E-state index contributed by atoms with van der Waals surface area (Å²) in [4.78, 5) is 0. The van der Waals surface area contributed by atoms with Gasteiger partial charge in [-0.25, -0.2) is 0 Å². The molecule has 0 spiro atoms. The van der Waals surface area contributed by atoms with Crippen LogP contribution in [0, 0.1) is 5.92 Å². The molecule has 1 rings (SSSR count). The van der Waals surface area contributed by atoms with Crippen molar-refractivity contribution in [3.05, 3.63) is 0 Å². The summed E-state index contributed by atoms with van der Waals surface area (Å²) in [6, 6.07) is 0. The van der Waals surface area contributed by atoms with E-state index in [1.807, 2.05) is 0 Å². The fourth-order valence-corrected chi connectivity index (χ4v) is 2.23. The quantitative estimate of drug-likeness (QED) is 0.632. The minimum Gasteiger partial charge on any atom is -0.325 e. The lowest BCUT2D eigenvalue weighted by atomic mass is 9.79. The second kappa shape index (κ2) is 4.27. The van der Waals surface area contributed by atoms with E-state index in [1.165, 1.54) is 38.5 Å². The molecule has 0 saturated heterocycles. The molecule has 1 unspecified atom stereocenters. The maximum atomic E-state index is 6.26. The second-order valence-electron chi connectivity index (χ2n) is 4.55. The summed E-state index contributed by atoms with van der Waals surface area (Å²) in [6.07, 6.45) is 9.50. The second-order valence-corrected chi connectivity index (χ2v) is 4.55. The van der Waals surface area contributed by atoms with Gasteiger partial charge in [-0.15, -0.1) is 0 Å². The molecule has 0 radical (unpaired) electrons. The van der Waals surface area contributed by atoms with E-state index in [-0.39, 0.29) is 5.54 Å². The van der Waals surface area contributed by atoms with Crippen molar-refractivity contribution in [2.24, 2.45) is 11.7 Å². The predicted octanol–water partition coefficient (Wildman–Crippen LogP) is 3.08. The van der Waals surface area contributed by atoms with Crippen LogP contribution in [-0.4, -0.2) is 5.54 Å². The molecule has 0 bridgehead atoms. The van der Waals surface area contributed by atoms with Gasteiger partial charge in [-0.05, 0) is 32.1 Å². The fraction of sp³-hybridized carbons (Fsp3) is 1.00. The first-order valence-electron chi connectivity index (χ1n) is 5.45. The van der Waals surface area contributed by atoms with E-state index < -0.39 is 0 Å². The van der Waals surface area contributed by atoms with Gasteiger partial charge in [0.2, 0.25) is 0 Å². The highest BCUT2D eigenvalue weighted by Crippen LogP contribution is 2.31. The first kappa shape index (κ1) is 10.0. The summed E-state index contributed by atoms with van der Waals surface area (Å²) in [5.41, 5.74) is 6.36.